The fourth-order valence-electron chi connectivity index (χ4n) is 3.28. The highest BCUT2D eigenvalue weighted by atomic mass is 16.2. The van der Waals surface area contributed by atoms with Crippen molar-refractivity contribution >= 4 is 11.6 Å². The van der Waals surface area contributed by atoms with E-state index in [1.807, 2.05) is 17.0 Å². The number of likely N-dealkylation sites (tertiary alicyclic amines) is 1. The molecule has 0 spiro atoms. The SMILES string of the molecule is O=C(c1cncc(NCCCc2ccccc2)c1)N1CCCCCC1. The summed E-state index contributed by atoms with van der Waals surface area (Å²) in [5.41, 5.74) is 2.97. The van der Waals surface area contributed by atoms with Gasteiger partial charge in [0.2, 0.25) is 0 Å². The van der Waals surface area contributed by atoms with Crippen molar-refractivity contribution in [2.45, 2.75) is 38.5 Å². The summed E-state index contributed by atoms with van der Waals surface area (Å²) in [6.07, 6.45) is 10.2. The lowest BCUT2D eigenvalue weighted by molar-refractivity contribution is 0.0761. The second-order valence-corrected chi connectivity index (χ2v) is 6.68. The molecule has 1 aliphatic rings. The third-order valence-corrected chi connectivity index (χ3v) is 4.69. The molecule has 1 fully saturated rings. The van der Waals surface area contributed by atoms with Crippen LogP contribution in [0.2, 0.25) is 0 Å². The fraction of sp³-hybridized carbons (Fsp3) is 0.429. The molecule has 132 valence electrons. The van der Waals surface area contributed by atoms with E-state index < -0.39 is 0 Å². The zero-order valence-corrected chi connectivity index (χ0v) is 14.8. The van der Waals surface area contributed by atoms with Gasteiger partial charge >= 0.3 is 0 Å². The minimum absolute atomic E-state index is 0.113. The number of nitrogens with zero attached hydrogens (tertiary/aromatic N) is 2. The van der Waals surface area contributed by atoms with Crippen molar-refractivity contribution in [2.24, 2.45) is 0 Å². The van der Waals surface area contributed by atoms with Gasteiger partial charge in [-0.25, -0.2) is 0 Å². The van der Waals surface area contributed by atoms with Gasteiger partial charge in [-0.3, -0.25) is 9.78 Å². The first-order valence-electron chi connectivity index (χ1n) is 9.35. The van der Waals surface area contributed by atoms with Crippen LogP contribution in [-0.2, 0) is 6.42 Å². The summed E-state index contributed by atoms with van der Waals surface area (Å²) >= 11 is 0. The molecule has 1 aromatic heterocycles. The lowest BCUT2D eigenvalue weighted by atomic mass is 10.1. The van der Waals surface area contributed by atoms with Crippen molar-refractivity contribution in [3.8, 4) is 0 Å². The Labute approximate surface area is 150 Å². The van der Waals surface area contributed by atoms with Gasteiger partial charge in [-0.15, -0.1) is 0 Å². The predicted octanol–water partition coefficient (Wildman–Crippen LogP) is 4.14. The van der Waals surface area contributed by atoms with E-state index >= 15 is 0 Å². The molecule has 0 radical (unpaired) electrons. The fourth-order valence-corrected chi connectivity index (χ4v) is 3.28. The van der Waals surface area contributed by atoms with Crippen LogP contribution in [0.5, 0.6) is 0 Å². The van der Waals surface area contributed by atoms with Crippen LogP contribution in [0.25, 0.3) is 0 Å². The second-order valence-electron chi connectivity index (χ2n) is 6.68. The Morgan fingerprint density at radius 3 is 2.56 bits per heavy atom. The molecule has 1 saturated heterocycles. The zero-order valence-electron chi connectivity index (χ0n) is 14.8. The number of carbonyl (C=O) groups excluding carboxylic acids is 1. The maximum Gasteiger partial charge on any atom is 0.255 e. The summed E-state index contributed by atoms with van der Waals surface area (Å²) in [5.74, 6) is 0.113. The van der Waals surface area contributed by atoms with E-state index in [0.29, 0.717) is 5.56 Å². The molecule has 1 aromatic carbocycles. The van der Waals surface area contributed by atoms with Crippen molar-refractivity contribution in [1.29, 1.82) is 0 Å². The summed E-state index contributed by atoms with van der Waals surface area (Å²) in [7, 11) is 0. The van der Waals surface area contributed by atoms with E-state index in [0.717, 1.165) is 51.0 Å². The molecule has 0 saturated carbocycles. The standard InChI is InChI=1S/C21H27N3O/c25-21(24-13-6-1-2-7-14-24)19-15-20(17-22-16-19)23-12-8-11-18-9-4-3-5-10-18/h3-5,9-10,15-17,23H,1-2,6-8,11-14H2. The molecule has 0 aliphatic carbocycles. The topological polar surface area (TPSA) is 45.2 Å². The van der Waals surface area contributed by atoms with E-state index in [1.165, 1.54) is 18.4 Å². The molecule has 0 atom stereocenters. The van der Waals surface area contributed by atoms with E-state index in [4.69, 9.17) is 0 Å². The van der Waals surface area contributed by atoms with Crippen LogP contribution in [0.15, 0.2) is 48.8 Å². The molecule has 2 heterocycles. The average Bonchev–Trinajstić information content (AvgIpc) is 2.95. The summed E-state index contributed by atoms with van der Waals surface area (Å²) < 4.78 is 0. The Balaban J connectivity index is 1.51. The Hall–Kier alpha value is -2.36. The van der Waals surface area contributed by atoms with Gasteiger partial charge in [0.05, 0.1) is 11.3 Å². The maximum atomic E-state index is 12.7. The maximum absolute atomic E-state index is 12.7. The minimum Gasteiger partial charge on any atom is -0.384 e. The van der Waals surface area contributed by atoms with E-state index in [2.05, 4.69) is 34.6 Å². The Kier molecular flexibility index (Phi) is 6.43. The van der Waals surface area contributed by atoms with Gasteiger partial charge < -0.3 is 10.2 Å². The Bertz CT molecular complexity index is 664. The molecule has 1 N–H and O–H groups in total. The number of amides is 1. The summed E-state index contributed by atoms with van der Waals surface area (Å²) in [6, 6.07) is 12.4. The van der Waals surface area contributed by atoms with E-state index in [-0.39, 0.29) is 5.91 Å². The molecule has 0 bridgehead atoms. The molecule has 3 rings (SSSR count). The summed E-state index contributed by atoms with van der Waals surface area (Å²) in [6.45, 7) is 2.61. The molecule has 0 unspecified atom stereocenters. The van der Waals surface area contributed by atoms with Crippen molar-refractivity contribution in [3.63, 3.8) is 0 Å². The number of anilines is 1. The van der Waals surface area contributed by atoms with Gasteiger partial charge in [0.15, 0.2) is 0 Å². The summed E-state index contributed by atoms with van der Waals surface area (Å²) in [4.78, 5) is 18.9. The second kappa shape index (κ2) is 9.21. The first-order chi connectivity index (χ1) is 12.3. The highest BCUT2D eigenvalue weighted by Gasteiger charge is 2.17. The third-order valence-electron chi connectivity index (χ3n) is 4.69. The van der Waals surface area contributed by atoms with E-state index in [1.54, 1.807) is 12.4 Å². The highest BCUT2D eigenvalue weighted by molar-refractivity contribution is 5.94. The number of aryl methyl sites for hydroxylation is 1. The number of hydrogen-bond acceptors (Lipinski definition) is 3. The molecular weight excluding hydrogens is 310 g/mol. The van der Waals surface area contributed by atoms with Gasteiger partial charge in [0.1, 0.15) is 0 Å². The quantitative estimate of drug-likeness (QED) is 0.806. The Morgan fingerprint density at radius 1 is 1.04 bits per heavy atom. The van der Waals surface area contributed by atoms with Crippen LogP contribution in [0.1, 0.15) is 48.0 Å². The normalized spacial score (nSPS) is 14.8. The first-order valence-corrected chi connectivity index (χ1v) is 9.35. The minimum atomic E-state index is 0.113. The molecule has 1 amide bonds. The molecule has 4 heteroatoms. The first kappa shape index (κ1) is 17.5. The number of pyridine rings is 1. The Morgan fingerprint density at radius 2 is 1.80 bits per heavy atom. The number of benzene rings is 1. The molecule has 2 aromatic rings. The molecular formula is C21H27N3O. The number of nitrogens with one attached hydrogen (secondary N) is 1. The monoisotopic (exact) mass is 337 g/mol. The van der Waals surface area contributed by atoms with Crippen LogP contribution in [0, 0.1) is 0 Å². The average molecular weight is 337 g/mol. The largest absolute Gasteiger partial charge is 0.384 e. The van der Waals surface area contributed by atoms with Crippen LogP contribution < -0.4 is 5.32 Å². The van der Waals surface area contributed by atoms with Gasteiger partial charge in [0, 0.05) is 32.0 Å². The number of rotatable bonds is 6. The van der Waals surface area contributed by atoms with Gasteiger partial charge in [0.25, 0.3) is 5.91 Å². The lowest BCUT2D eigenvalue weighted by Crippen LogP contribution is -2.31. The summed E-state index contributed by atoms with van der Waals surface area (Å²) in [5, 5.41) is 3.39. The molecule has 1 aliphatic heterocycles. The highest BCUT2D eigenvalue weighted by Crippen LogP contribution is 2.15. The van der Waals surface area contributed by atoms with Crippen LogP contribution in [-0.4, -0.2) is 35.4 Å². The van der Waals surface area contributed by atoms with Gasteiger partial charge in [-0.1, -0.05) is 43.2 Å². The number of aromatic nitrogens is 1. The lowest BCUT2D eigenvalue weighted by Gasteiger charge is -2.20. The van der Waals surface area contributed by atoms with Crippen LogP contribution in [0.3, 0.4) is 0 Å². The van der Waals surface area contributed by atoms with Crippen LogP contribution >= 0.6 is 0 Å². The van der Waals surface area contributed by atoms with Crippen molar-refractivity contribution in [3.05, 3.63) is 59.9 Å². The van der Waals surface area contributed by atoms with Crippen LogP contribution in [0.4, 0.5) is 5.69 Å². The van der Waals surface area contributed by atoms with E-state index in [9.17, 15) is 4.79 Å². The van der Waals surface area contributed by atoms with Crippen molar-refractivity contribution < 1.29 is 4.79 Å². The van der Waals surface area contributed by atoms with Gasteiger partial charge in [-0.2, -0.15) is 0 Å². The predicted molar refractivity (Wildman–Crippen MR) is 102 cm³/mol. The smallest absolute Gasteiger partial charge is 0.255 e. The number of carbonyl (C=O) groups is 1. The molecule has 25 heavy (non-hydrogen) atoms. The molecule has 4 nitrogen and oxygen atoms in total. The van der Waals surface area contributed by atoms with Crippen molar-refractivity contribution in [2.75, 3.05) is 25.0 Å². The third kappa shape index (κ3) is 5.31. The van der Waals surface area contributed by atoms with Gasteiger partial charge in [-0.05, 0) is 37.3 Å². The zero-order chi connectivity index (χ0) is 17.3. The van der Waals surface area contributed by atoms with Crippen molar-refractivity contribution in [1.82, 2.24) is 9.88 Å². The number of hydrogen-bond donors (Lipinski definition) is 1.